The van der Waals surface area contributed by atoms with E-state index >= 15 is 0 Å². The second-order valence-electron chi connectivity index (χ2n) is 8.20. The number of halogens is 1. The van der Waals surface area contributed by atoms with Crippen molar-refractivity contribution in [2.75, 3.05) is 11.4 Å². The molecule has 2 aromatic rings. The summed E-state index contributed by atoms with van der Waals surface area (Å²) in [6.45, 7) is 8.38. The Bertz CT molecular complexity index is 742. The van der Waals surface area contributed by atoms with Gasteiger partial charge in [-0.3, -0.25) is 0 Å². The Hall–Kier alpha value is -1.16. The first-order valence-corrected chi connectivity index (χ1v) is 8.82. The van der Waals surface area contributed by atoms with Gasteiger partial charge in [0.25, 0.3) is 0 Å². The minimum atomic E-state index is 0.412. The van der Waals surface area contributed by atoms with Crippen molar-refractivity contribution >= 4 is 32.7 Å². The molecule has 2 heterocycles. The topological polar surface area (TPSA) is 29.0 Å². The second-order valence-corrected chi connectivity index (χ2v) is 9.12. The Morgan fingerprint density at radius 3 is 2.82 bits per heavy atom. The Kier molecular flexibility index (Phi) is 3.06. The first-order valence-electron chi connectivity index (χ1n) is 8.02. The maximum absolute atomic E-state index is 4.66. The van der Waals surface area contributed by atoms with Gasteiger partial charge in [-0.05, 0) is 48.3 Å². The first-order chi connectivity index (χ1) is 10.4. The molecule has 4 rings (SSSR count). The van der Waals surface area contributed by atoms with Gasteiger partial charge in [0.15, 0.2) is 0 Å². The van der Waals surface area contributed by atoms with Crippen LogP contribution < -0.4 is 4.90 Å². The highest BCUT2D eigenvalue weighted by Gasteiger charge is 2.50. The van der Waals surface area contributed by atoms with Gasteiger partial charge in [0, 0.05) is 22.4 Å². The number of nitrogens with zero attached hydrogens (tertiary/aromatic N) is 3. The highest BCUT2D eigenvalue weighted by atomic mass is 79.9. The third-order valence-electron chi connectivity index (χ3n) is 5.26. The lowest BCUT2D eigenvalue weighted by Gasteiger charge is -2.39. The van der Waals surface area contributed by atoms with Gasteiger partial charge in [0.2, 0.25) is 0 Å². The summed E-state index contributed by atoms with van der Waals surface area (Å²) in [5.74, 6) is 1.11. The molecule has 116 valence electrons. The van der Waals surface area contributed by atoms with E-state index in [2.05, 4.69) is 63.7 Å². The molecule has 1 saturated carbocycles. The molecule has 0 unspecified atom stereocenters. The molecular weight excluding hydrogens is 338 g/mol. The molecule has 1 saturated heterocycles. The molecule has 4 heteroatoms. The number of aromatic nitrogens is 2. The van der Waals surface area contributed by atoms with E-state index in [0.717, 1.165) is 27.7 Å². The van der Waals surface area contributed by atoms with Crippen LogP contribution in [0.15, 0.2) is 29.0 Å². The Labute approximate surface area is 140 Å². The van der Waals surface area contributed by atoms with Crippen molar-refractivity contribution in [3.63, 3.8) is 0 Å². The van der Waals surface area contributed by atoms with Gasteiger partial charge in [0.05, 0.1) is 5.52 Å². The van der Waals surface area contributed by atoms with Crippen LogP contribution in [0.5, 0.6) is 0 Å². The third-order valence-corrected chi connectivity index (χ3v) is 5.76. The number of hydrogen-bond acceptors (Lipinski definition) is 3. The van der Waals surface area contributed by atoms with E-state index in [1.807, 2.05) is 6.07 Å². The van der Waals surface area contributed by atoms with E-state index in [0.29, 0.717) is 16.9 Å². The van der Waals surface area contributed by atoms with Crippen LogP contribution in [0.2, 0.25) is 0 Å². The number of anilines is 1. The molecule has 2 atom stereocenters. The van der Waals surface area contributed by atoms with Gasteiger partial charge in [-0.15, -0.1) is 0 Å². The summed E-state index contributed by atoms with van der Waals surface area (Å²) in [4.78, 5) is 11.6. The van der Waals surface area contributed by atoms with Crippen molar-refractivity contribution in [2.24, 2.45) is 10.8 Å². The van der Waals surface area contributed by atoms with Crippen LogP contribution in [0.4, 0.5) is 5.82 Å². The quantitative estimate of drug-likeness (QED) is 0.732. The average Bonchev–Trinajstić information content (AvgIpc) is 2.67. The van der Waals surface area contributed by atoms with E-state index in [-0.39, 0.29) is 0 Å². The Balaban J connectivity index is 1.82. The molecule has 1 aromatic heterocycles. The average molecular weight is 360 g/mol. The van der Waals surface area contributed by atoms with Gasteiger partial charge >= 0.3 is 0 Å². The summed E-state index contributed by atoms with van der Waals surface area (Å²) in [5, 5.41) is 1.16. The molecule has 0 radical (unpaired) electrons. The Morgan fingerprint density at radius 1 is 1.18 bits per heavy atom. The predicted molar refractivity (Wildman–Crippen MR) is 94.1 cm³/mol. The van der Waals surface area contributed by atoms with E-state index in [1.54, 1.807) is 6.33 Å². The summed E-state index contributed by atoms with van der Waals surface area (Å²) in [6.07, 6.45) is 5.55. The number of rotatable bonds is 1. The standard InChI is InChI=1S/C18H22BrN3/c1-17(2)7-13-8-18(3,9-17)10-22(13)16-14-6-12(19)4-5-15(14)20-11-21-16/h4-6,11,13H,7-10H2,1-3H3/t13-,18+/m1/s1. The van der Waals surface area contributed by atoms with Gasteiger partial charge in [0.1, 0.15) is 12.1 Å². The molecule has 0 spiro atoms. The fraction of sp³-hybridized carbons (Fsp3) is 0.556. The maximum atomic E-state index is 4.66. The third kappa shape index (κ3) is 2.32. The van der Waals surface area contributed by atoms with Crippen molar-refractivity contribution in [1.82, 2.24) is 9.97 Å². The lowest BCUT2D eigenvalue weighted by atomic mass is 9.65. The molecular formula is C18H22BrN3. The van der Waals surface area contributed by atoms with Gasteiger partial charge in [-0.2, -0.15) is 0 Å². The largest absolute Gasteiger partial charge is 0.352 e. The molecule has 2 fully saturated rings. The van der Waals surface area contributed by atoms with Crippen molar-refractivity contribution in [1.29, 1.82) is 0 Å². The SMILES string of the molecule is CC1(C)C[C@@H]2C[C@](C)(CN2c2ncnc3ccc(Br)cc23)C1. The summed E-state index contributed by atoms with van der Waals surface area (Å²) >= 11 is 3.59. The lowest BCUT2D eigenvalue weighted by Crippen LogP contribution is -2.35. The normalized spacial score (nSPS) is 30.0. The van der Waals surface area contributed by atoms with Crippen molar-refractivity contribution < 1.29 is 0 Å². The molecule has 3 nitrogen and oxygen atoms in total. The maximum Gasteiger partial charge on any atom is 0.140 e. The lowest BCUT2D eigenvalue weighted by molar-refractivity contribution is 0.136. The highest BCUT2D eigenvalue weighted by Crippen LogP contribution is 2.53. The predicted octanol–water partition coefficient (Wildman–Crippen LogP) is 4.80. The van der Waals surface area contributed by atoms with Crippen LogP contribution in [0, 0.1) is 10.8 Å². The molecule has 1 aromatic carbocycles. The Morgan fingerprint density at radius 2 is 2.00 bits per heavy atom. The van der Waals surface area contributed by atoms with Crippen LogP contribution in [-0.4, -0.2) is 22.6 Å². The van der Waals surface area contributed by atoms with Gasteiger partial charge in [-0.25, -0.2) is 9.97 Å². The first kappa shape index (κ1) is 14.4. The zero-order valence-corrected chi connectivity index (χ0v) is 15.0. The minimum Gasteiger partial charge on any atom is -0.352 e. The highest BCUT2D eigenvalue weighted by molar-refractivity contribution is 9.10. The molecule has 0 N–H and O–H groups in total. The molecule has 2 aliphatic rings. The summed E-state index contributed by atoms with van der Waals surface area (Å²) in [5.41, 5.74) is 1.87. The second kappa shape index (κ2) is 4.67. The van der Waals surface area contributed by atoms with Gasteiger partial charge in [-0.1, -0.05) is 36.7 Å². The van der Waals surface area contributed by atoms with Crippen LogP contribution in [0.3, 0.4) is 0 Å². The smallest absolute Gasteiger partial charge is 0.140 e. The summed E-state index contributed by atoms with van der Waals surface area (Å²) in [7, 11) is 0. The van der Waals surface area contributed by atoms with E-state index in [9.17, 15) is 0 Å². The summed E-state index contributed by atoms with van der Waals surface area (Å²) < 4.78 is 1.09. The van der Waals surface area contributed by atoms with Crippen LogP contribution >= 0.6 is 15.9 Å². The molecule has 0 amide bonds. The fourth-order valence-electron chi connectivity index (χ4n) is 4.95. The zero-order chi connectivity index (χ0) is 15.5. The zero-order valence-electron chi connectivity index (χ0n) is 13.4. The van der Waals surface area contributed by atoms with Crippen LogP contribution in [-0.2, 0) is 0 Å². The number of benzene rings is 1. The van der Waals surface area contributed by atoms with E-state index in [4.69, 9.17) is 0 Å². The fourth-order valence-corrected chi connectivity index (χ4v) is 5.31. The monoisotopic (exact) mass is 359 g/mol. The molecule has 1 aliphatic carbocycles. The number of fused-ring (bicyclic) bond motifs is 3. The van der Waals surface area contributed by atoms with E-state index < -0.39 is 0 Å². The van der Waals surface area contributed by atoms with E-state index in [1.165, 1.54) is 19.3 Å². The van der Waals surface area contributed by atoms with Crippen LogP contribution in [0.1, 0.15) is 40.0 Å². The molecule has 2 bridgehead atoms. The van der Waals surface area contributed by atoms with Crippen molar-refractivity contribution in [3.05, 3.63) is 29.0 Å². The molecule has 1 aliphatic heterocycles. The summed E-state index contributed by atoms with van der Waals surface area (Å²) in [6, 6.07) is 6.87. The van der Waals surface area contributed by atoms with Crippen molar-refractivity contribution in [2.45, 2.75) is 46.1 Å². The number of hydrogen-bond donors (Lipinski definition) is 0. The van der Waals surface area contributed by atoms with Crippen molar-refractivity contribution in [3.8, 4) is 0 Å². The van der Waals surface area contributed by atoms with Gasteiger partial charge < -0.3 is 4.90 Å². The molecule has 22 heavy (non-hydrogen) atoms. The minimum absolute atomic E-state index is 0.412. The van der Waals surface area contributed by atoms with Crippen LogP contribution in [0.25, 0.3) is 10.9 Å².